The number of nitrogens with one attached hydrogen (secondary N) is 2. The molecule has 0 fully saturated rings. The second kappa shape index (κ2) is 6.83. The number of carbonyl (C=O) groups is 1. The van der Waals surface area contributed by atoms with E-state index in [1.165, 1.54) is 0 Å². The van der Waals surface area contributed by atoms with E-state index >= 15 is 0 Å². The molecule has 0 bridgehead atoms. The quantitative estimate of drug-likeness (QED) is 0.859. The van der Waals surface area contributed by atoms with Crippen LogP contribution in [-0.4, -0.2) is 12.5 Å². The van der Waals surface area contributed by atoms with Gasteiger partial charge in [0.15, 0.2) is 0 Å². The van der Waals surface area contributed by atoms with Crippen LogP contribution in [0.5, 0.6) is 0 Å². The summed E-state index contributed by atoms with van der Waals surface area (Å²) in [6.45, 7) is 4.03. The molecule has 5 heteroatoms. The second-order valence-corrected chi connectivity index (χ2v) is 5.63. The molecule has 0 spiro atoms. The number of hydrogen-bond donors (Lipinski definition) is 2. The molecular formula is C16H16Cl2N2O. The summed E-state index contributed by atoms with van der Waals surface area (Å²) in [6.07, 6.45) is 0. The zero-order valence-electron chi connectivity index (χ0n) is 11.8. The maximum Gasteiger partial charge on any atom is 0.243 e. The molecule has 0 unspecified atom stereocenters. The first-order valence-electron chi connectivity index (χ1n) is 6.52. The van der Waals surface area contributed by atoms with Crippen LogP contribution >= 0.6 is 23.2 Å². The summed E-state index contributed by atoms with van der Waals surface area (Å²) in [6, 6.07) is 11.1. The first-order chi connectivity index (χ1) is 9.97. The van der Waals surface area contributed by atoms with E-state index in [9.17, 15) is 4.79 Å². The van der Waals surface area contributed by atoms with Crippen LogP contribution in [0.1, 0.15) is 11.1 Å². The van der Waals surface area contributed by atoms with E-state index in [1.54, 1.807) is 18.2 Å². The van der Waals surface area contributed by atoms with Crippen molar-refractivity contribution in [1.82, 2.24) is 0 Å². The standard InChI is InChI=1S/C16H16Cl2N2O/c1-10-6-7-11(2)14(8-10)20-15(21)9-19-16-12(17)4-3-5-13(16)18/h3-8,19H,9H2,1-2H3,(H,20,21). The Labute approximate surface area is 134 Å². The number of halogens is 2. The number of carbonyl (C=O) groups excluding carboxylic acids is 1. The van der Waals surface area contributed by atoms with Crippen LogP contribution in [0.4, 0.5) is 11.4 Å². The third kappa shape index (κ3) is 4.13. The molecular weight excluding hydrogens is 307 g/mol. The topological polar surface area (TPSA) is 41.1 Å². The normalized spacial score (nSPS) is 10.3. The van der Waals surface area contributed by atoms with Gasteiger partial charge >= 0.3 is 0 Å². The number of hydrogen-bond acceptors (Lipinski definition) is 2. The molecule has 0 saturated heterocycles. The Morgan fingerprint density at radius 2 is 1.76 bits per heavy atom. The monoisotopic (exact) mass is 322 g/mol. The van der Waals surface area contributed by atoms with Gasteiger partial charge in [-0.1, -0.05) is 41.4 Å². The lowest BCUT2D eigenvalue weighted by molar-refractivity contribution is -0.114. The Morgan fingerprint density at radius 3 is 2.43 bits per heavy atom. The first-order valence-corrected chi connectivity index (χ1v) is 7.28. The summed E-state index contributed by atoms with van der Waals surface area (Å²) in [4.78, 5) is 12.0. The highest BCUT2D eigenvalue weighted by Crippen LogP contribution is 2.29. The van der Waals surface area contributed by atoms with E-state index in [2.05, 4.69) is 10.6 Å². The summed E-state index contributed by atoms with van der Waals surface area (Å²) < 4.78 is 0. The molecule has 0 aromatic heterocycles. The van der Waals surface area contributed by atoms with Gasteiger partial charge in [0.1, 0.15) is 0 Å². The summed E-state index contributed by atoms with van der Waals surface area (Å²) in [5, 5.41) is 6.81. The molecule has 2 aromatic rings. The summed E-state index contributed by atoms with van der Waals surface area (Å²) >= 11 is 12.1. The van der Waals surface area contributed by atoms with E-state index in [0.29, 0.717) is 15.7 Å². The van der Waals surface area contributed by atoms with Gasteiger partial charge in [0.05, 0.1) is 22.3 Å². The van der Waals surface area contributed by atoms with Gasteiger partial charge in [0, 0.05) is 5.69 Å². The molecule has 0 aliphatic carbocycles. The smallest absolute Gasteiger partial charge is 0.243 e. The highest BCUT2D eigenvalue weighted by atomic mass is 35.5. The van der Waals surface area contributed by atoms with Crippen LogP contribution in [0, 0.1) is 13.8 Å². The molecule has 0 saturated carbocycles. The lowest BCUT2D eigenvalue weighted by atomic mass is 10.1. The van der Waals surface area contributed by atoms with Crippen molar-refractivity contribution in [1.29, 1.82) is 0 Å². The SMILES string of the molecule is Cc1ccc(C)c(NC(=O)CNc2c(Cl)cccc2Cl)c1. The first kappa shape index (κ1) is 15.7. The molecule has 2 rings (SSSR count). The maximum atomic E-state index is 12.0. The van der Waals surface area contributed by atoms with E-state index < -0.39 is 0 Å². The van der Waals surface area contributed by atoms with Crippen LogP contribution < -0.4 is 10.6 Å². The Hall–Kier alpha value is -1.71. The Morgan fingerprint density at radius 1 is 1.10 bits per heavy atom. The predicted molar refractivity (Wildman–Crippen MR) is 89.5 cm³/mol. The number of rotatable bonds is 4. The fraction of sp³-hybridized carbons (Fsp3) is 0.188. The van der Waals surface area contributed by atoms with Crippen molar-refractivity contribution in [3.63, 3.8) is 0 Å². The van der Waals surface area contributed by atoms with Gasteiger partial charge in [0.2, 0.25) is 5.91 Å². The minimum absolute atomic E-state index is 0.0941. The highest BCUT2D eigenvalue weighted by molar-refractivity contribution is 6.39. The summed E-state index contributed by atoms with van der Waals surface area (Å²) in [5.74, 6) is -0.153. The average molecular weight is 323 g/mol. The fourth-order valence-electron chi connectivity index (χ4n) is 1.90. The molecule has 2 aromatic carbocycles. The molecule has 0 aliphatic heterocycles. The van der Waals surface area contributed by atoms with Crippen molar-refractivity contribution in [2.45, 2.75) is 13.8 Å². The van der Waals surface area contributed by atoms with E-state index in [0.717, 1.165) is 16.8 Å². The minimum atomic E-state index is -0.153. The van der Waals surface area contributed by atoms with Crippen molar-refractivity contribution < 1.29 is 4.79 Å². The molecule has 0 heterocycles. The van der Waals surface area contributed by atoms with Crippen molar-refractivity contribution >= 4 is 40.5 Å². The largest absolute Gasteiger partial charge is 0.374 e. The molecule has 2 N–H and O–H groups in total. The van der Waals surface area contributed by atoms with Gasteiger partial charge < -0.3 is 10.6 Å². The molecule has 1 amide bonds. The molecule has 0 aliphatic rings. The molecule has 0 atom stereocenters. The van der Waals surface area contributed by atoms with Gasteiger partial charge in [-0.15, -0.1) is 0 Å². The molecule has 110 valence electrons. The molecule has 3 nitrogen and oxygen atoms in total. The zero-order valence-corrected chi connectivity index (χ0v) is 13.3. The Bertz CT molecular complexity index is 651. The van der Waals surface area contributed by atoms with Crippen molar-refractivity contribution in [3.05, 3.63) is 57.6 Å². The van der Waals surface area contributed by atoms with Gasteiger partial charge in [-0.05, 0) is 43.2 Å². The van der Waals surface area contributed by atoms with Crippen LogP contribution in [0.2, 0.25) is 10.0 Å². The maximum absolute atomic E-state index is 12.0. The number of aryl methyl sites for hydroxylation is 2. The third-order valence-electron chi connectivity index (χ3n) is 3.06. The van der Waals surface area contributed by atoms with Gasteiger partial charge in [-0.2, -0.15) is 0 Å². The number of amides is 1. The lowest BCUT2D eigenvalue weighted by Gasteiger charge is -2.12. The van der Waals surface area contributed by atoms with Crippen LogP contribution in [0.25, 0.3) is 0 Å². The van der Waals surface area contributed by atoms with Crippen LogP contribution in [-0.2, 0) is 4.79 Å². The predicted octanol–water partition coefficient (Wildman–Crippen LogP) is 4.66. The number of benzene rings is 2. The fourth-order valence-corrected chi connectivity index (χ4v) is 2.43. The second-order valence-electron chi connectivity index (χ2n) is 4.82. The van der Waals surface area contributed by atoms with E-state index in [1.807, 2.05) is 32.0 Å². The minimum Gasteiger partial charge on any atom is -0.374 e. The Kier molecular flexibility index (Phi) is 5.10. The molecule has 0 radical (unpaired) electrons. The lowest BCUT2D eigenvalue weighted by Crippen LogP contribution is -2.22. The summed E-state index contributed by atoms with van der Waals surface area (Å²) in [7, 11) is 0. The zero-order chi connectivity index (χ0) is 15.4. The van der Waals surface area contributed by atoms with E-state index in [4.69, 9.17) is 23.2 Å². The van der Waals surface area contributed by atoms with Gasteiger partial charge in [0.25, 0.3) is 0 Å². The van der Waals surface area contributed by atoms with Gasteiger partial charge in [-0.25, -0.2) is 0 Å². The van der Waals surface area contributed by atoms with Crippen molar-refractivity contribution in [3.8, 4) is 0 Å². The summed E-state index contributed by atoms with van der Waals surface area (Å²) in [5.41, 5.74) is 3.49. The number of para-hydroxylation sites is 1. The van der Waals surface area contributed by atoms with E-state index in [-0.39, 0.29) is 12.5 Å². The highest BCUT2D eigenvalue weighted by Gasteiger charge is 2.08. The van der Waals surface area contributed by atoms with Crippen molar-refractivity contribution in [2.75, 3.05) is 17.2 Å². The molecule has 21 heavy (non-hydrogen) atoms. The van der Waals surface area contributed by atoms with Crippen LogP contribution in [0.15, 0.2) is 36.4 Å². The van der Waals surface area contributed by atoms with Crippen LogP contribution in [0.3, 0.4) is 0 Å². The third-order valence-corrected chi connectivity index (χ3v) is 3.69. The average Bonchev–Trinajstić information content (AvgIpc) is 2.42. The Balaban J connectivity index is 2.01. The van der Waals surface area contributed by atoms with Crippen molar-refractivity contribution in [2.24, 2.45) is 0 Å². The number of anilines is 2. The van der Waals surface area contributed by atoms with Gasteiger partial charge in [-0.3, -0.25) is 4.79 Å².